The molecule has 1 N–H and O–H groups in total. The predicted octanol–water partition coefficient (Wildman–Crippen LogP) is 6.89. The molecule has 0 unspecified atom stereocenters. The van der Waals surface area contributed by atoms with E-state index in [0.29, 0.717) is 19.4 Å². The van der Waals surface area contributed by atoms with Gasteiger partial charge in [0.25, 0.3) is 0 Å². The summed E-state index contributed by atoms with van der Waals surface area (Å²) in [5.74, 6) is 6.16. The highest BCUT2D eigenvalue weighted by Crippen LogP contribution is 2.10. The second kappa shape index (κ2) is 26.2. The maximum atomic E-state index is 11.8. The fourth-order valence-electron chi connectivity index (χ4n) is 3.81. The lowest BCUT2D eigenvalue weighted by Crippen LogP contribution is -2.27. The van der Waals surface area contributed by atoms with Gasteiger partial charge in [-0.25, -0.2) is 0 Å². The largest absolute Gasteiger partial charge is 0.465 e. The van der Waals surface area contributed by atoms with Crippen molar-refractivity contribution >= 4 is 5.97 Å². The van der Waals surface area contributed by atoms with Crippen LogP contribution in [0.1, 0.15) is 129 Å². The first-order valence-electron chi connectivity index (χ1n) is 13.7. The summed E-state index contributed by atoms with van der Waals surface area (Å²) in [6.07, 6.45) is 20.3. The first kappa shape index (κ1) is 30.9. The Morgan fingerprint density at radius 2 is 1.22 bits per heavy atom. The van der Waals surface area contributed by atoms with Gasteiger partial charge in [0, 0.05) is 32.4 Å². The second-order valence-electron chi connectivity index (χ2n) is 8.99. The Balaban J connectivity index is 3.62. The van der Waals surface area contributed by atoms with E-state index >= 15 is 0 Å². The zero-order valence-corrected chi connectivity index (χ0v) is 21.5. The lowest BCUT2D eigenvalue weighted by atomic mass is 10.1. The number of nitrogens with zero attached hydrogens (tertiary/aromatic N) is 1. The summed E-state index contributed by atoms with van der Waals surface area (Å²) in [6.45, 7) is 8.49. The van der Waals surface area contributed by atoms with E-state index in [1.54, 1.807) is 0 Å². The van der Waals surface area contributed by atoms with Crippen LogP contribution < -0.4 is 0 Å². The standard InChI is InChI=1S/C28H53NO3/c1-3-5-7-9-11-16-20-27-32-28(31)22-17-13-12-15-19-24-29(25-21-26-30)23-18-14-10-8-6-4-2/h30H,3-10,12-15,17-27H2,1-2H3. The van der Waals surface area contributed by atoms with Gasteiger partial charge < -0.3 is 14.7 Å². The third kappa shape index (κ3) is 23.6. The number of carbonyl (C=O) groups is 1. The molecular weight excluding hydrogens is 398 g/mol. The average molecular weight is 452 g/mol. The van der Waals surface area contributed by atoms with Crippen molar-refractivity contribution in [2.75, 3.05) is 32.8 Å². The normalized spacial score (nSPS) is 10.9. The molecule has 0 fully saturated rings. The number of hydrogen-bond donors (Lipinski definition) is 1. The van der Waals surface area contributed by atoms with E-state index in [1.165, 1.54) is 83.6 Å². The van der Waals surface area contributed by atoms with Crippen LogP contribution in [0.2, 0.25) is 0 Å². The summed E-state index contributed by atoms with van der Waals surface area (Å²) in [5.41, 5.74) is 0. The first-order valence-corrected chi connectivity index (χ1v) is 13.7. The van der Waals surface area contributed by atoms with Crippen LogP contribution in [0.25, 0.3) is 0 Å². The molecule has 0 saturated heterocycles. The highest BCUT2D eigenvalue weighted by Gasteiger charge is 2.05. The van der Waals surface area contributed by atoms with Crippen molar-refractivity contribution in [2.24, 2.45) is 0 Å². The van der Waals surface area contributed by atoms with Crippen LogP contribution in [0.5, 0.6) is 0 Å². The summed E-state index contributed by atoms with van der Waals surface area (Å²) in [7, 11) is 0. The molecule has 0 radical (unpaired) electrons. The number of rotatable bonds is 23. The lowest BCUT2D eigenvalue weighted by Gasteiger charge is -2.22. The molecule has 0 saturated carbocycles. The van der Waals surface area contributed by atoms with Gasteiger partial charge in [-0.05, 0) is 45.2 Å². The van der Waals surface area contributed by atoms with Gasteiger partial charge in [0.15, 0.2) is 0 Å². The number of aliphatic hydroxyl groups is 1. The molecule has 0 heterocycles. The lowest BCUT2D eigenvalue weighted by molar-refractivity contribution is -0.143. The van der Waals surface area contributed by atoms with Crippen LogP contribution in [-0.2, 0) is 9.53 Å². The molecule has 0 rings (SSSR count). The Morgan fingerprint density at radius 1 is 0.688 bits per heavy atom. The van der Waals surface area contributed by atoms with E-state index in [9.17, 15) is 4.79 Å². The van der Waals surface area contributed by atoms with Gasteiger partial charge in [0.05, 0.1) is 0 Å². The second-order valence-corrected chi connectivity index (χ2v) is 8.99. The predicted molar refractivity (Wildman–Crippen MR) is 137 cm³/mol. The van der Waals surface area contributed by atoms with Crippen LogP contribution >= 0.6 is 0 Å². The Bertz CT molecular complexity index is 455. The van der Waals surface area contributed by atoms with Crippen LogP contribution in [0.15, 0.2) is 0 Å². The highest BCUT2D eigenvalue weighted by atomic mass is 16.5. The first-order chi connectivity index (χ1) is 15.7. The minimum atomic E-state index is -0.0769. The minimum Gasteiger partial charge on any atom is -0.465 e. The molecule has 0 aromatic rings. The van der Waals surface area contributed by atoms with Crippen LogP contribution in [0.3, 0.4) is 0 Å². The summed E-state index contributed by atoms with van der Waals surface area (Å²) < 4.78 is 5.27. The average Bonchev–Trinajstić information content (AvgIpc) is 2.80. The Kier molecular flexibility index (Phi) is 25.3. The van der Waals surface area contributed by atoms with Gasteiger partial charge in [0.1, 0.15) is 6.61 Å². The third-order valence-corrected chi connectivity index (χ3v) is 5.84. The molecular formula is C28H53NO3. The summed E-state index contributed by atoms with van der Waals surface area (Å²) in [4.78, 5) is 14.3. The quantitative estimate of drug-likeness (QED) is 0.104. The molecule has 188 valence electrons. The number of hydrogen-bond acceptors (Lipinski definition) is 4. The van der Waals surface area contributed by atoms with Gasteiger partial charge in [-0.3, -0.25) is 4.79 Å². The van der Waals surface area contributed by atoms with Gasteiger partial charge in [-0.2, -0.15) is 0 Å². The van der Waals surface area contributed by atoms with E-state index in [-0.39, 0.29) is 12.6 Å². The molecule has 0 bridgehead atoms. The molecule has 0 aromatic carbocycles. The maximum Gasteiger partial charge on any atom is 0.305 e. The van der Waals surface area contributed by atoms with E-state index in [2.05, 4.69) is 30.6 Å². The summed E-state index contributed by atoms with van der Waals surface area (Å²) in [6, 6.07) is 0. The zero-order valence-electron chi connectivity index (χ0n) is 21.5. The molecule has 0 aliphatic rings. The smallest absolute Gasteiger partial charge is 0.305 e. The van der Waals surface area contributed by atoms with E-state index < -0.39 is 0 Å². The van der Waals surface area contributed by atoms with Gasteiger partial charge in [-0.15, -0.1) is 5.92 Å². The van der Waals surface area contributed by atoms with Crippen molar-refractivity contribution < 1.29 is 14.6 Å². The number of aliphatic hydroxyl groups excluding tert-OH is 1. The van der Waals surface area contributed by atoms with E-state index in [4.69, 9.17) is 9.84 Å². The van der Waals surface area contributed by atoms with Gasteiger partial charge in [0.2, 0.25) is 0 Å². The van der Waals surface area contributed by atoms with Gasteiger partial charge >= 0.3 is 5.97 Å². The van der Waals surface area contributed by atoms with Crippen molar-refractivity contribution in [2.45, 2.75) is 129 Å². The monoisotopic (exact) mass is 451 g/mol. The molecule has 0 aromatic heterocycles. The van der Waals surface area contributed by atoms with Crippen molar-refractivity contribution in [1.82, 2.24) is 4.90 Å². The molecule has 4 nitrogen and oxygen atoms in total. The third-order valence-electron chi connectivity index (χ3n) is 5.84. The molecule has 4 heteroatoms. The number of unbranched alkanes of at least 4 members (excludes halogenated alkanes) is 12. The molecule has 0 atom stereocenters. The van der Waals surface area contributed by atoms with Crippen molar-refractivity contribution in [3.63, 3.8) is 0 Å². The number of carbonyl (C=O) groups excluding carboxylic acids is 1. The van der Waals surface area contributed by atoms with Crippen molar-refractivity contribution in [3.8, 4) is 11.8 Å². The molecule has 0 aliphatic heterocycles. The van der Waals surface area contributed by atoms with Crippen LogP contribution in [0.4, 0.5) is 0 Å². The molecule has 32 heavy (non-hydrogen) atoms. The zero-order chi connectivity index (χ0) is 23.5. The summed E-state index contributed by atoms with van der Waals surface area (Å²) in [5, 5.41) is 9.15. The van der Waals surface area contributed by atoms with Crippen LogP contribution in [-0.4, -0.2) is 48.8 Å². The SMILES string of the molecule is CCCCCC#CCCOC(=O)CCCCCCCN(CCCO)CCCCCCCC. The Labute approximate surface area is 199 Å². The molecule has 0 aliphatic carbocycles. The van der Waals surface area contributed by atoms with Crippen molar-refractivity contribution in [3.05, 3.63) is 0 Å². The Morgan fingerprint density at radius 3 is 1.88 bits per heavy atom. The summed E-state index contributed by atoms with van der Waals surface area (Å²) >= 11 is 0. The molecule has 0 spiro atoms. The molecule has 0 amide bonds. The maximum absolute atomic E-state index is 11.8. The highest BCUT2D eigenvalue weighted by molar-refractivity contribution is 5.69. The van der Waals surface area contributed by atoms with Crippen LogP contribution in [0, 0.1) is 11.8 Å². The minimum absolute atomic E-state index is 0.0769. The van der Waals surface area contributed by atoms with Gasteiger partial charge in [-0.1, -0.05) is 84.0 Å². The van der Waals surface area contributed by atoms with E-state index in [1.807, 2.05) is 0 Å². The Hall–Kier alpha value is -1.05. The van der Waals surface area contributed by atoms with E-state index in [0.717, 1.165) is 38.8 Å². The topological polar surface area (TPSA) is 49.8 Å². The fourth-order valence-corrected chi connectivity index (χ4v) is 3.81. The number of esters is 1. The number of ether oxygens (including phenoxy) is 1. The van der Waals surface area contributed by atoms with Crippen molar-refractivity contribution in [1.29, 1.82) is 0 Å². The fraction of sp³-hybridized carbons (Fsp3) is 0.893.